The Balaban J connectivity index is 0.00000200. The molecule has 2 unspecified atom stereocenters. The number of halogens is 2. The highest BCUT2D eigenvalue weighted by Crippen LogP contribution is 2.24. The van der Waals surface area contributed by atoms with Gasteiger partial charge in [-0.05, 0) is 39.2 Å². The fraction of sp³-hybridized carbons (Fsp3) is 0.714. The van der Waals surface area contributed by atoms with Crippen LogP contribution in [0.4, 0.5) is 0 Å². The second-order valence-corrected chi connectivity index (χ2v) is 5.55. The van der Waals surface area contributed by atoms with Gasteiger partial charge in [0.15, 0.2) is 0 Å². The fourth-order valence-electron chi connectivity index (χ4n) is 3.00. The van der Waals surface area contributed by atoms with E-state index in [9.17, 15) is 4.79 Å². The second-order valence-electron chi connectivity index (χ2n) is 5.55. The van der Waals surface area contributed by atoms with Crippen molar-refractivity contribution in [3.63, 3.8) is 0 Å². The average Bonchev–Trinajstić information content (AvgIpc) is 2.89. The zero-order valence-corrected chi connectivity index (χ0v) is 14.5. The Morgan fingerprint density at radius 1 is 1.38 bits per heavy atom. The number of nitrogens with two attached hydrogens (primary N) is 1. The topological polar surface area (TPSA) is 72.9 Å². The molecular formula is C14H26Cl2N4O. The van der Waals surface area contributed by atoms with Crippen molar-refractivity contribution in [3.8, 4) is 0 Å². The molecule has 1 fully saturated rings. The normalized spacial score (nSPS) is 20.6. The monoisotopic (exact) mass is 336 g/mol. The van der Waals surface area contributed by atoms with Crippen molar-refractivity contribution in [3.05, 3.63) is 17.0 Å². The van der Waals surface area contributed by atoms with Crippen LogP contribution in [0.5, 0.6) is 0 Å². The predicted molar refractivity (Wildman–Crippen MR) is 89.2 cm³/mol. The summed E-state index contributed by atoms with van der Waals surface area (Å²) in [4.78, 5) is 12.2. The molecule has 0 aromatic carbocycles. The predicted octanol–water partition coefficient (Wildman–Crippen LogP) is 1.67. The molecule has 1 heterocycles. The summed E-state index contributed by atoms with van der Waals surface area (Å²) in [7, 11) is 1.91. The van der Waals surface area contributed by atoms with E-state index < -0.39 is 0 Å². The minimum atomic E-state index is 0. The maximum absolute atomic E-state index is 12.2. The summed E-state index contributed by atoms with van der Waals surface area (Å²) in [5, 5.41) is 7.48. The Morgan fingerprint density at radius 3 is 2.57 bits per heavy atom. The van der Waals surface area contributed by atoms with Gasteiger partial charge in [-0.15, -0.1) is 24.8 Å². The van der Waals surface area contributed by atoms with Crippen LogP contribution in [-0.2, 0) is 18.3 Å². The molecule has 1 aliphatic carbocycles. The number of nitrogens with zero attached hydrogens (tertiary/aromatic N) is 2. The van der Waals surface area contributed by atoms with Crippen molar-refractivity contribution in [2.45, 2.75) is 45.6 Å². The molecular weight excluding hydrogens is 311 g/mol. The van der Waals surface area contributed by atoms with Gasteiger partial charge in [0.05, 0.1) is 12.1 Å². The van der Waals surface area contributed by atoms with E-state index in [1.165, 1.54) is 0 Å². The van der Waals surface area contributed by atoms with Crippen LogP contribution < -0.4 is 11.1 Å². The standard InChI is InChI=1S/C14H24N4O.2ClH/c1-9-12(10(2)18(3)17-9)7-14(19)16-13-6-4-5-11(13)8-15;;/h11,13H,4-8,15H2,1-3H3,(H,16,19);2*1H. The van der Waals surface area contributed by atoms with Crippen molar-refractivity contribution in [2.24, 2.45) is 18.7 Å². The molecule has 5 nitrogen and oxygen atoms in total. The molecule has 0 bridgehead atoms. The molecule has 0 radical (unpaired) electrons. The molecule has 7 heteroatoms. The number of nitrogens with one attached hydrogen (secondary N) is 1. The number of carbonyl (C=O) groups is 1. The number of aromatic nitrogens is 2. The van der Waals surface area contributed by atoms with Crippen LogP contribution in [0.2, 0.25) is 0 Å². The molecule has 2 rings (SSSR count). The first-order valence-electron chi connectivity index (χ1n) is 7.01. The lowest BCUT2D eigenvalue weighted by molar-refractivity contribution is -0.121. The first-order valence-corrected chi connectivity index (χ1v) is 7.01. The molecule has 1 saturated carbocycles. The van der Waals surface area contributed by atoms with Gasteiger partial charge in [-0.25, -0.2) is 0 Å². The summed E-state index contributed by atoms with van der Waals surface area (Å²) in [6, 6.07) is 0.259. The molecule has 21 heavy (non-hydrogen) atoms. The molecule has 3 N–H and O–H groups in total. The van der Waals surface area contributed by atoms with Crippen molar-refractivity contribution in [1.82, 2.24) is 15.1 Å². The van der Waals surface area contributed by atoms with Gasteiger partial charge in [0.1, 0.15) is 0 Å². The molecule has 1 amide bonds. The number of rotatable bonds is 4. The van der Waals surface area contributed by atoms with Crippen LogP contribution in [-0.4, -0.2) is 28.3 Å². The number of aryl methyl sites for hydroxylation is 2. The van der Waals surface area contributed by atoms with E-state index in [4.69, 9.17) is 5.73 Å². The van der Waals surface area contributed by atoms with Gasteiger partial charge in [0.2, 0.25) is 5.91 Å². The third-order valence-electron chi connectivity index (χ3n) is 4.30. The molecule has 1 aromatic rings. The van der Waals surface area contributed by atoms with Gasteiger partial charge >= 0.3 is 0 Å². The molecule has 0 spiro atoms. The van der Waals surface area contributed by atoms with E-state index in [2.05, 4.69) is 10.4 Å². The van der Waals surface area contributed by atoms with E-state index in [1.807, 2.05) is 25.6 Å². The summed E-state index contributed by atoms with van der Waals surface area (Å²) < 4.78 is 1.83. The Labute approximate surface area is 138 Å². The summed E-state index contributed by atoms with van der Waals surface area (Å²) in [5.74, 6) is 0.532. The maximum Gasteiger partial charge on any atom is 0.224 e. The van der Waals surface area contributed by atoms with Crippen LogP contribution in [0.25, 0.3) is 0 Å². The molecule has 2 atom stereocenters. The maximum atomic E-state index is 12.2. The summed E-state index contributed by atoms with van der Waals surface area (Å²) in [6.45, 7) is 4.62. The largest absolute Gasteiger partial charge is 0.353 e. The number of hydrogen-bond donors (Lipinski definition) is 2. The third kappa shape index (κ3) is 4.59. The highest BCUT2D eigenvalue weighted by molar-refractivity contribution is 5.85. The van der Waals surface area contributed by atoms with Gasteiger partial charge in [0, 0.05) is 24.3 Å². The van der Waals surface area contributed by atoms with Crippen LogP contribution in [0.1, 0.15) is 36.2 Å². The Kier molecular flexibility index (Phi) is 8.29. The number of hydrogen-bond acceptors (Lipinski definition) is 3. The van der Waals surface area contributed by atoms with Gasteiger partial charge in [-0.1, -0.05) is 6.42 Å². The second kappa shape index (κ2) is 8.61. The molecule has 0 aliphatic heterocycles. The zero-order valence-electron chi connectivity index (χ0n) is 12.9. The SMILES string of the molecule is Cc1nn(C)c(C)c1CC(=O)NC1CCCC1CN.Cl.Cl. The van der Waals surface area contributed by atoms with Gasteiger partial charge < -0.3 is 11.1 Å². The minimum Gasteiger partial charge on any atom is -0.353 e. The highest BCUT2D eigenvalue weighted by Gasteiger charge is 2.27. The Hall–Kier alpha value is -0.780. The number of amides is 1. The molecule has 1 aliphatic rings. The fourth-order valence-corrected chi connectivity index (χ4v) is 3.00. The molecule has 0 saturated heterocycles. The lowest BCUT2D eigenvalue weighted by Gasteiger charge is -2.19. The van der Waals surface area contributed by atoms with E-state index in [0.717, 1.165) is 36.2 Å². The van der Waals surface area contributed by atoms with Crippen LogP contribution in [0, 0.1) is 19.8 Å². The Bertz CT molecular complexity index is 476. The summed E-state index contributed by atoms with van der Waals surface area (Å²) in [6.07, 6.45) is 3.77. The average molecular weight is 337 g/mol. The zero-order chi connectivity index (χ0) is 14.0. The summed E-state index contributed by atoms with van der Waals surface area (Å²) in [5.41, 5.74) is 8.79. The van der Waals surface area contributed by atoms with Crippen molar-refractivity contribution >= 4 is 30.7 Å². The lowest BCUT2D eigenvalue weighted by Crippen LogP contribution is -2.40. The minimum absolute atomic E-state index is 0. The van der Waals surface area contributed by atoms with Crippen molar-refractivity contribution in [2.75, 3.05) is 6.54 Å². The number of carbonyl (C=O) groups excluding carboxylic acids is 1. The third-order valence-corrected chi connectivity index (χ3v) is 4.30. The smallest absolute Gasteiger partial charge is 0.224 e. The van der Waals surface area contributed by atoms with Crippen molar-refractivity contribution < 1.29 is 4.79 Å². The van der Waals surface area contributed by atoms with E-state index in [0.29, 0.717) is 18.9 Å². The Morgan fingerprint density at radius 2 is 2.05 bits per heavy atom. The quantitative estimate of drug-likeness (QED) is 0.878. The van der Waals surface area contributed by atoms with Gasteiger partial charge in [0.25, 0.3) is 0 Å². The molecule has 1 aromatic heterocycles. The first kappa shape index (κ1) is 20.2. The van der Waals surface area contributed by atoms with E-state index in [-0.39, 0.29) is 36.8 Å². The van der Waals surface area contributed by atoms with Gasteiger partial charge in [-0.3, -0.25) is 9.48 Å². The molecule has 122 valence electrons. The lowest BCUT2D eigenvalue weighted by atomic mass is 10.0. The van der Waals surface area contributed by atoms with E-state index in [1.54, 1.807) is 0 Å². The van der Waals surface area contributed by atoms with Crippen molar-refractivity contribution in [1.29, 1.82) is 0 Å². The van der Waals surface area contributed by atoms with Crippen LogP contribution in [0.15, 0.2) is 0 Å². The summed E-state index contributed by atoms with van der Waals surface area (Å²) >= 11 is 0. The van der Waals surface area contributed by atoms with Crippen LogP contribution in [0.3, 0.4) is 0 Å². The first-order chi connectivity index (χ1) is 9.02. The van der Waals surface area contributed by atoms with Crippen LogP contribution >= 0.6 is 24.8 Å². The highest BCUT2D eigenvalue weighted by atomic mass is 35.5. The van der Waals surface area contributed by atoms with E-state index >= 15 is 0 Å². The van der Waals surface area contributed by atoms with Gasteiger partial charge in [-0.2, -0.15) is 5.10 Å².